The fraction of sp³-hybridized carbons (Fsp3) is 0.174. The SMILES string of the molecule is Clc1cc(NCC2CC2)c2ncc(-c3ccc4nc(Nc5ccccc5)[nH]c4c3)n2n1. The molecule has 8 heteroatoms. The van der Waals surface area contributed by atoms with Gasteiger partial charge in [0.15, 0.2) is 10.8 Å². The molecule has 0 aliphatic heterocycles. The molecule has 0 saturated heterocycles. The van der Waals surface area contributed by atoms with Crippen LogP contribution in [0.4, 0.5) is 17.3 Å². The summed E-state index contributed by atoms with van der Waals surface area (Å²) in [5, 5.41) is 11.7. The van der Waals surface area contributed by atoms with Gasteiger partial charge in [-0.1, -0.05) is 35.9 Å². The molecular formula is C23H20ClN7. The Morgan fingerprint density at radius 3 is 2.81 bits per heavy atom. The highest BCUT2D eigenvalue weighted by Crippen LogP contribution is 2.31. The summed E-state index contributed by atoms with van der Waals surface area (Å²) in [6, 6.07) is 17.9. The van der Waals surface area contributed by atoms with Crippen molar-refractivity contribution in [1.29, 1.82) is 0 Å². The van der Waals surface area contributed by atoms with Crippen molar-refractivity contribution in [3.63, 3.8) is 0 Å². The summed E-state index contributed by atoms with van der Waals surface area (Å²) in [7, 11) is 0. The van der Waals surface area contributed by atoms with E-state index in [1.54, 1.807) is 4.52 Å². The van der Waals surface area contributed by atoms with Gasteiger partial charge >= 0.3 is 0 Å². The average Bonchev–Trinajstić information content (AvgIpc) is 3.37. The van der Waals surface area contributed by atoms with Crippen LogP contribution in [-0.2, 0) is 0 Å². The molecular weight excluding hydrogens is 410 g/mol. The molecule has 0 radical (unpaired) electrons. The molecule has 1 aliphatic rings. The summed E-state index contributed by atoms with van der Waals surface area (Å²) in [5.41, 5.74) is 6.34. The number of nitrogens with one attached hydrogen (secondary N) is 3. The first-order valence-electron chi connectivity index (χ1n) is 10.3. The topological polar surface area (TPSA) is 82.9 Å². The number of fused-ring (bicyclic) bond motifs is 2. The Kier molecular flexibility index (Phi) is 4.28. The third-order valence-electron chi connectivity index (χ3n) is 5.53. The second-order valence-electron chi connectivity index (χ2n) is 7.89. The maximum absolute atomic E-state index is 6.32. The minimum absolute atomic E-state index is 0.432. The molecule has 0 amide bonds. The molecule has 1 fully saturated rings. The Morgan fingerprint density at radius 2 is 1.97 bits per heavy atom. The van der Waals surface area contributed by atoms with Crippen molar-refractivity contribution >= 4 is 45.6 Å². The quantitative estimate of drug-likeness (QED) is 0.332. The first-order chi connectivity index (χ1) is 15.2. The van der Waals surface area contributed by atoms with Gasteiger partial charge in [0.25, 0.3) is 0 Å². The summed E-state index contributed by atoms with van der Waals surface area (Å²) < 4.78 is 1.80. The highest BCUT2D eigenvalue weighted by molar-refractivity contribution is 6.29. The molecule has 0 atom stereocenters. The number of nitrogens with zero attached hydrogens (tertiary/aromatic N) is 4. The molecule has 1 saturated carbocycles. The van der Waals surface area contributed by atoms with Gasteiger partial charge in [0, 0.05) is 23.9 Å². The Labute approximate surface area is 183 Å². The van der Waals surface area contributed by atoms with E-state index in [-0.39, 0.29) is 0 Å². The molecule has 3 N–H and O–H groups in total. The van der Waals surface area contributed by atoms with Crippen molar-refractivity contribution < 1.29 is 0 Å². The minimum Gasteiger partial charge on any atom is -0.382 e. The lowest BCUT2D eigenvalue weighted by Crippen LogP contribution is -2.06. The van der Waals surface area contributed by atoms with E-state index in [1.165, 1.54) is 12.8 Å². The number of H-pyrrole nitrogens is 1. The highest BCUT2D eigenvalue weighted by Gasteiger charge is 2.21. The van der Waals surface area contributed by atoms with Crippen LogP contribution in [0.1, 0.15) is 12.8 Å². The Morgan fingerprint density at radius 1 is 1.10 bits per heavy atom. The van der Waals surface area contributed by atoms with Gasteiger partial charge in [-0.2, -0.15) is 5.10 Å². The maximum Gasteiger partial charge on any atom is 0.205 e. The molecule has 0 unspecified atom stereocenters. The van der Waals surface area contributed by atoms with E-state index >= 15 is 0 Å². The number of benzene rings is 2. The number of hydrogen-bond donors (Lipinski definition) is 3. The Bertz CT molecular complexity index is 1390. The second kappa shape index (κ2) is 7.28. The van der Waals surface area contributed by atoms with E-state index in [0.717, 1.165) is 51.8 Å². The van der Waals surface area contributed by atoms with Gasteiger partial charge in [-0.15, -0.1) is 0 Å². The first-order valence-corrected chi connectivity index (χ1v) is 10.7. The molecule has 3 heterocycles. The van der Waals surface area contributed by atoms with Crippen LogP contribution >= 0.6 is 11.6 Å². The van der Waals surface area contributed by atoms with Crippen LogP contribution in [0.15, 0.2) is 60.8 Å². The largest absolute Gasteiger partial charge is 0.382 e. The lowest BCUT2D eigenvalue weighted by molar-refractivity contribution is 0.882. The van der Waals surface area contributed by atoms with Gasteiger partial charge in [0.05, 0.1) is 28.6 Å². The summed E-state index contributed by atoms with van der Waals surface area (Å²) >= 11 is 6.32. The zero-order chi connectivity index (χ0) is 20.8. The fourth-order valence-electron chi connectivity index (χ4n) is 3.73. The van der Waals surface area contributed by atoms with Gasteiger partial charge in [0.1, 0.15) is 0 Å². The predicted molar refractivity (Wildman–Crippen MR) is 124 cm³/mol. The third kappa shape index (κ3) is 3.57. The molecule has 3 aromatic heterocycles. The van der Waals surface area contributed by atoms with Gasteiger partial charge in [0.2, 0.25) is 5.95 Å². The smallest absolute Gasteiger partial charge is 0.205 e. The molecule has 5 aromatic rings. The molecule has 0 bridgehead atoms. The fourth-order valence-corrected chi connectivity index (χ4v) is 3.91. The minimum atomic E-state index is 0.432. The number of hydrogen-bond acceptors (Lipinski definition) is 5. The zero-order valence-electron chi connectivity index (χ0n) is 16.6. The summed E-state index contributed by atoms with van der Waals surface area (Å²) in [5.74, 6) is 1.45. The van der Waals surface area contributed by atoms with Crippen molar-refractivity contribution in [1.82, 2.24) is 24.6 Å². The van der Waals surface area contributed by atoms with Crippen molar-refractivity contribution in [3.05, 3.63) is 65.9 Å². The normalized spacial score (nSPS) is 13.7. The van der Waals surface area contributed by atoms with Crippen LogP contribution in [0.2, 0.25) is 5.15 Å². The van der Waals surface area contributed by atoms with Gasteiger partial charge in [-0.05, 0) is 43.0 Å². The zero-order valence-corrected chi connectivity index (χ0v) is 17.4. The van der Waals surface area contributed by atoms with Crippen LogP contribution < -0.4 is 10.6 Å². The number of para-hydroxylation sites is 1. The molecule has 154 valence electrons. The van der Waals surface area contributed by atoms with Crippen molar-refractivity contribution in [2.75, 3.05) is 17.2 Å². The van der Waals surface area contributed by atoms with Gasteiger partial charge in [-0.25, -0.2) is 14.5 Å². The predicted octanol–water partition coefficient (Wildman–Crippen LogP) is 5.49. The first kappa shape index (κ1) is 18.2. The summed E-state index contributed by atoms with van der Waals surface area (Å²) in [4.78, 5) is 12.6. The van der Waals surface area contributed by atoms with Crippen molar-refractivity contribution in [2.24, 2.45) is 5.92 Å². The molecule has 31 heavy (non-hydrogen) atoms. The van der Waals surface area contributed by atoms with Gasteiger partial charge in [-0.3, -0.25) is 0 Å². The monoisotopic (exact) mass is 429 g/mol. The van der Waals surface area contributed by atoms with E-state index in [9.17, 15) is 0 Å². The number of halogens is 1. The summed E-state index contributed by atoms with van der Waals surface area (Å²) in [6.07, 6.45) is 4.40. The average molecular weight is 430 g/mol. The lowest BCUT2D eigenvalue weighted by Gasteiger charge is -2.08. The summed E-state index contributed by atoms with van der Waals surface area (Å²) in [6.45, 7) is 0.940. The van der Waals surface area contributed by atoms with Crippen LogP contribution in [0.5, 0.6) is 0 Å². The van der Waals surface area contributed by atoms with E-state index in [1.807, 2.05) is 54.7 Å². The number of anilines is 3. The van der Waals surface area contributed by atoms with Crippen molar-refractivity contribution in [3.8, 4) is 11.3 Å². The number of aromatic amines is 1. The number of rotatable bonds is 6. The van der Waals surface area contributed by atoms with E-state index in [0.29, 0.717) is 11.1 Å². The van der Waals surface area contributed by atoms with Crippen LogP contribution in [-0.4, -0.2) is 31.1 Å². The molecule has 1 aliphatic carbocycles. The highest BCUT2D eigenvalue weighted by atomic mass is 35.5. The molecule has 6 rings (SSSR count). The van der Waals surface area contributed by atoms with Crippen molar-refractivity contribution in [2.45, 2.75) is 12.8 Å². The second-order valence-corrected chi connectivity index (χ2v) is 8.28. The van der Waals surface area contributed by atoms with Crippen LogP contribution in [0.25, 0.3) is 27.9 Å². The Balaban J connectivity index is 1.36. The molecule has 2 aromatic carbocycles. The standard InChI is InChI=1S/C23H20ClN7/c24-21-11-19(25-12-14-6-7-14)22-26-13-20(31(22)30-21)15-8-9-17-18(10-15)29-23(28-17)27-16-4-2-1-3-5-16/h1-5,8-11,13-14,25H,6-7,12H2,(H2,27,28,29). The Hall–Kier alpha value is -3.58. The van der Waals surface area contributed by atoms with Crippen LogP contribution in [0.3, 0.4) is 0 Å². The van der Waals surface area contributed by atoms with E-state index in [4.69, 9.17) is 11.6 Å². The lowest BCUT2D eigenvalue weighted by atomic mass is 10.1. The van der Waals surface area contributed by atoms with Gasteiger partial charge < -0.3 is 15.6 Å². The third-order valence-corrected chi connectivity index (χ3v) is 5.71. The molecule has 7 nitrogen and oxygen atoms in total. The number of imidazole rings is 2. The number of aromatic nitrogens is 5. The maximum atomic E-state index is 6.32. The van der Waals surface area contributed by atoms with Crippen LogP contribution in [0, 0.1) is 5.92 Å². The van der Waals surface area contributed by atoms with E-state index in [2.05, 4.69) is 36.8 Å². The van der Waals surface area contributed by atoms with E-state index < -0.39 is 0 Å². The molecule has 0 spiro atoms.